The molecule has 0 unspecified atom stereocenters. The van der Waals surface area contributed by atoms with E-state index >= 15 is 0 Å². The van der Waals surface area contributed by atoms with Crippen LogP contribution in [0.2, 0.25) is 0 Å². The third kappa shape index (κ3) is 4.17. The third-order valence-electron chi connectivity index (χ3n) is 4.29. The average molecular weight is 363 g/mol. The van der Waals surface area contributed by atoms with E-state index in [1.165, 1.54) is 0 Å². The van der Waals surface area contributed by atoms with Crippen LogP contribution in [0.15, 0.2) is 66.9 Å². The average Bonchev–Trinajstić information content (AvgIpc) is 3.39. The number of para-hydroxylation sites is 1. The van der Waals surface area contributed by atoms with Crippen molar-refractivity contribution in [3.63, 3.8) is 0 Å². The number of rotatable bonds is 7. The highest BCUT2D eigenvalue weighted by atomic mass is 32.2. The quantitative estimate of drug-likeness (QED) is 0.689. The Hall–Kier alpha value is -2.53. The van der Waals surface area contributed by atoms with Crippen molar-refractivity contribution in [3.05, 3.63) is 72.4 Å². The van der Waals surface area contributed by atoms with Crippen molar-refractivity contribution in [3.8, 4) is 16.9 Å². The molecule has 3 aromatic rings. The van der Waals surface area contributed by atoms with Gasteiger partial charge in [-0.3, -0.25) is 4.79 Å². The lowest BCUT2D eigenvalue weighted by molar-refractivity contribution is -0.118. The SMILES string of the molecule is O=C(CSCc1cn(-c2ccccc2)nc1-c1ccccc1)NC1CC1. The molecule has 1 aliphatic rings. The molecule has 0 atom stereocenters. The Kier molecular flexibility index (Phi) is 5.07. The van der Waals surface area contributed by atoms with Crippen LogP contribution in [-0.2, 0) is 10.5 Å². The first-order valence-corrected chi connectivity index (χ1v) is 10.0. The van der Waals surface area contributed by atoms with Gasteiger partial charge in [0.15, 0.2) is 0 Å². The molecule has 1 aliphatic carbocycles. The number of nitrogens with one attached hydrogen (secondary N) is 1. The fourth-order valence-corrected chi connectivity index (χ4v) is 3.62. The maximum atomic E-state index is 11.9. The van der Waals surface area contributed by atoms with E-state index in [0.717, 1.165) is 41.1 Å². The van der Waals surface area contributed by atoms with Crippen molar-refractivity contribution in [2.75, 3.05) is 5.75 Å². The molecule has 1 saturated carbocycles. The number of nitrogens with zero attached hydrogens (tertiary/aromatic N) is 2. The summed E-state index contributed by atoms with van der Waals surface area (Å²) in [5.74, 6) is 1.38. The number of carbonyl (C=O) groups is 1. The van der Waals surface area contributed by atoms with E-state index in [1.807, 2.05) is 53.2 Å². The van der Waals surface area contributed by atoms with E-state index in [2.05, 4.69) is 23.6 Å². The van der Waals surface area contributed by atoms with Crippen LogP contribution >= 0.6 is 11.8 Å². The van der Waals surface area contributed by atoms with Gasteiger partial charge in [0.05, 0.1) is 17.1 Å². The number of hydrogen-bond acceptors (Lipinski definition) is 3. The molecule has 0 radical (unpaired) electrons. The molecule has 4 nitrogen and oxygen atoms in total. The van der Waals surface area contributed by atoms with Gasteiger partial charge in [0.2, 0.25) is 5.91 Å². The first-order chi connectivity index (χ1) is 12.8. The molecule has 1 heterocycles. The smallest absolute Gasteiger partial charge is 0.230 e. The molecule has 0 bridgehead atoms. The van der Waals surface area contributed by atoms with E-state index in [4.69, 9.17) is 5.10 Å². The lowest BCUT2D eigenvalue weighted by atomic mass is 10.1. The first-order valence-electron chi connectivity index (χ1n) is 8.86. The third-order valence-corrected chi connectivity index (χ3v) is 5.27. The van der Waals surface area contributed by atoms with Crippen LogP contribution < -0.4 is 5.32 Å². The summed E-state index contributed by atoms with van der Waals surface area (Å²) in [7, 11) is 0. The first kappa shape index (κ1) is 16.9. The zero-order valence-electron chi connectivity index (χ0n) is 14.5. The number of aromatic nitrogens is 2. The maximum Gasteiger partial charge on any atom is 0.230 e. The zero-order valence-corrected chi connectivity index (χ0v) is 15.3. The summed E-state index contributed by atoms with van der Waals surface area (Å²) in [5, 5.41) is 7.85. The minimum Gasteiger partial charge on any atom is -0.353 e. The second-order valence-corrected chi connectivity index (χ2v) is 7.47. The summed E-state index contributed by atoms with van der Waals surface area (Å²) >= 11 is 1.64. The Morgan fingerprint density at radius 1 is 1.08 bits per heavy atom. The van der Waals surface area contributed by atoms with Gasteiger partial charge in [0, 0.05) is 29.1 Å². The number of amides is 1. The largest absolute Gasteiger partial charge is 0.353 e. The van der Waals surface area contributed by atoms with E-state index < -0.39 is 0 Å². The van der Waals surface area contributed by atoms with Crippen LogP contribution in [0.5, 0.6) is 0 Å². The molecule has 4 rings (SSSR count). The van der Waals surface area contributed by atoms with Crippen molar-refractivity contribution < 1.29 is 4.79 Å². The molecular weight excluding hydrogens is 342 g/mol. The standard InChI is InChI=1S/C21H21N3OS/c25-20(22-18-11-12-18)15-26-14-17-13-24(19-9-5-2-6-10-19)23-21(17)16-7-3-1-4-8-16/h1-10,13,18H,11-12,14-15H2,(H,22,25). The van der Waals surface area contributed by atoms with Crippen molar-refractivity contribution in [2.45, 2.75) is 24.6 Å². The molecular formula is C21H21N3OS. The lowest BCUT2D eigenvalue weighted by Gasteiger charge is -2.04. The van der Waals surface area contributed by atoms with Crippen molar-refractivity contribution in [1.82, 2.24) is 15.1 Å². The van der Waals surface area contributed by atoms with Crippen LogP contribution in [0.1, 0.15) is 18.4 Å². The van der Waals surface area contributed by atoms with Gasteiger partial charge in [0.25, 0.3) is 0 Å². The topological polar surface area (TPSA) is 46.9 Å². The summed E-state index contributed by atoms with van der Waals surface area (Å²) in [6.07, 6.45) is 4.32. The van der Waals surface area contributed by atoms with Gasteiger partial charge in [-0.2, -0.15) is 5.10 Å². The summed E-state index contributed by atoms with van der Waals surface area (Å²) in [4.78, 5) is 11.9. The van der Waals surface area contributed by atoms with Crippen LogP contribution in [-0.4, -0.2) is 27.5 Å². The predicted molar refractivity (Wildman–Crippen MR) is 106 cm³/mol. The van der Waals surface area contributed by atoms with Crippen LogP contribution in [0.3, 0.4) is 0 Å². The van der Waals surface area contributed by atoms with Crippen LogP contribution in [0.4, 0.5) is 0 Å². The second kappa shape index (κ2) is 7.79. The molecule has 1 fully saturated rings. The van der Waals surface area contributed by atoms with E-state index in [9.17, 15) is 4.79 Å². The van der Waals surface area contributed by atoms with Crippen molar-refractivity contribution in [1.29, 1.82) is 0 Å². The zero-order chi connectivity index (χ0) is 17.8. The summed E-state index contributed by atoms with van der Waals surface area (Å²) in [5.41, 5.74) is 4.25. The summed E-state index contributed by atoms with van der Waals surface area (Å²) in [6.45, 7) is 0. The molecule has 0 saturated heterocycles. The van der Waals surface area contributed by atoms with Gasteiger partial charge in [-0.25, -0.2) is 4.68 Å². The van der Waals surface area contributed by atoms with Crippen LogP contribution in [0.25, 0.3) is 16.9 Å². The predicted octanol–water partition coefficient (Wildman–Crippen LogP) is 4.05. The molecule has 1 N–H and O–H groups in total. The molecule has 0 spiro atoms. The van der Waals surface area contributed by atoms with Gasteiger partial charge in [-0.05, 0) is 25.0 Å². The van der Waals surface area contributed by atoms with E-state index in [1.54, 1.807) is 11.8 Å². The molecule has 0 aliphatic heterocycles. The Morgan fingerprint density at radius 2 is 1.77 bits per heavy atom. The fourth-order valence-electron chi connectivity index (χ4n) is 2.82. The Morgan fingerprint density at radius 3 is 2.46 bits per heavy atom. The maximum absolute atomic E-state index is 11.9. The van der Waals surface area contributed by atoms with Crippen LogP contribution in [0, 0.1) is 0 Å². The van der Waals surface area contributed by atoms with Gasteiger partial charge >= 0.3 is 0 Å². The van der Waals surface area contributed by atoms with Gasteiger partial charge in [0.1, 0.15) is 0 Å². The molecule has 2 aromatic carbocycles. The van der Waals surface area contributed by atoms with Gasteiger partial charge in [-0.15, -0.1) is 11.8 Å². The highest BCUT2D eigenvalue weighted by Gasteiger charge is 2.23. The van der Waals surface area contributed by atoms with Gasteiger partial charge in [-0.1, -0.05) is 48.5 Å². The van der Waals surface area contributed by atoms with E-state index in [-0.39, 0.29) is 5.91 Å². The van der Waals surface area contributed by atoms with Gasteiger partial charge < -0.3 is 5.32 Å². The van der Waals surface area contributed by atoms with Crippen molar-refractivity contribution in [2.24, 2.45) is 0 Å². The molecule has 26 heavy (non-hydrogen) atoms. The lowest BCUT2D eigenvalue weighted by Crippen LogP contribution is -2.27. The highest BCUT2D eigenvalue weighted by molar-refractivity contribution is 7.99. The second-order valence-electron chi connectivity index (χ2n) is 6.48. The van der Waals surface area contributed by atoms with E-state index in [0.29, 0.717) is 11.8 Å². The molecule has 132 valence electrons. The fraction of sp³-hybridized carbons (Fsp3) is 0.238. The molecule has 5 heteroatoms. The monoisotopic (exact) mass is 363 g/mol. The number of carbonyl (C=O) groups excluding carboxylic acids is 1. The Balaban J connectivity index is 1.53. The number of thioether (sulfide) groups is 1. The summed E-state index contributed by atoms with van der Waals surface area (Å²) < 4.78 is 1.92. The number of benzene rings is 2. The Bertz CT molecular complexity index is 873. The normalized spacial score (nSPS) is 13.5. The minimum atomic E-state index is 0.134. The Labute approximate surface area is 157 Å². The number of hydrogen-bond donors (Lipinski definition) is 1. The highest BCUT2D eigenvalue weighted by Crippen LogP contribution is 2.27. The molecule has 1 aromatic heterocycles. The minimum absolute atomic E-state index is 0.134. The molecule has 1 amide bonds. The summed E-state index contributed by atoms with van der Waals surface area (Å²) in [6, 6.07) is 20.7. The van der Waals surface area contributed by atoms with Crippen molar-refractivity contribution >= 4 is 17.7 Å².